The average Bonchev–Trinajstić information content (AvgIpc) is 2.91. The van der Waals surface area contributed by atoms with Gasteiger partial charge in [0.05, 0.1) is 12.7 Å². The number of halogens is 1. The summed E-state index contributed by atoms with van der Waals surface area (Å²) in [6.07, 6.45) is -0.00408. The number of benzene rings is 1. The van der Waals surface area contributed by atoms with Gasteiger partial charge in [0, 0.05) is 17.8 Å². The van der Waals surface area contributed by atoms with E-state index in [-0.39, 0.29) is 12.4 Å². The molecule has 1 aliphatic rings. The van der Waals surface area contributed by atoms with Gasteiger partial charge in [0.25, 0.3) is 0 Å². The van der Waals surface area contributed by atoms with Gasteiger partial charge in [-0.1, -0.05) is 6.92 Å². The maximum atomic E-state index is 13.2. The van der Waals surface area contributed by atoms with Gasteiger partial charge in [0.2, 0.25) is 0 Å². The molecule has 1 N–H and O–H groups in total. The van der Waals surface area contributed by atoms with Gasteiger partial charge in [-0.3, -0.25) is 0 Å². The highest BCUT2D eigenvalue weighted by molar-refractivity contribution is 5.82. The minimum Gasteiger partial charge on any atom is -0.464 e. The van der Waals surface area contributed by atoms with Gasteiger partial charge in [-0.15, -0.1) is 0 Å². The van der Waals surface area contributed by atoms with Crippen molar-refractivity contribution in [3.05, 3.63) is 47.9 Å². The number of hydrogen-bond acceptors (Lipinski definition) is 3. The fourth-order valence-corrected chi connectivity index (χ4v) is 3.46. The van der Waals surface area contributed by atoms with Crippen LogP contribution in [0.4, 0.5) is 4.39 Å². The maximum Gasteiger partial charge on any atom is 0.335 e. The summed E-state index contributed by atoms with van der Waals surface area (Å²) in [7, 11) is 0. The molecular formula is C18H20FNO3. The Kier molecular flexibility index (Phi) is 3.98. The van der Waals surface area contributed by atoms with Gasteiger partial charge in [-0.2, -0.15) is 0 Å². The van der Waals surface area contributed by atoms with Gasteiger partial charge < -0.3 is 14.4 Å². The number of aryl methyl sites for hydroxylation is 1. The van der Waals surface area contributed by atoms with Crippen molar-refractivity contribution in [1.82, 2.24) is 4.57 Å². The zero-order valence-corrected chi connectivity index (χ0v) is 13.3. The Morgan fingerprint density at radius 1 is 1.30 bits per heavy atom. The lowest BCUT2D eigenvalue weighted by Crippen LogP contribution is -2.56. The zero-order valence-electron chi connectivity index (χ0n) is 13.3. The molecule has 2 aromatic rings. The molecule has 0 bridgehead atoms. The third-order valence-corrected chi connectivity index (χ3v) is 4.68. The number of carbonyl (C=O) groups excluding carboxylic acids is 1. The highest BCUT2D eigenvalue weighted by Gasteiger charge is 2.50. The zero-order chi connectivity index (χ0) is 16.6. The lowest BCUT2D eigenvalue weighted by molar-refractivity contribution is -0.172. The van der Waals surface area contributed by atoms with Crippen LogP contribution in [-0.4, -0.2) is 28.4 Å². The van der Waals surface area contributed by atoms with Crippen molar-refractivity contribution in [3.63, 3.8) is 0 Å². The number of aliphatic hydroxyl groups excluding tert-OH is 1. The van der Waals surface area contributed by atoms with Crippen LogP contribution in [0.25, 0.3) is 11.3 Å². The first-order valence-electron chi connectivity index (χ1n) is 7.80. The van der Waals surface area contributed by atoms with E-state index in [0.717, 1.165) is 17.0 Å². The Morgan fingerprint density at radius 3 is 2.61 bits per heavy atom. The lowest BCUT2D eigenvalue weighted by Gasteiger charge is -2.41. The largest absolute Gasteiger partial charge is 0.464 e. The summed E-state index contributed by atoms with van der Waals surface area (Å²) in [5, 5.41) is 10.6. The van der Waals surface area contributed by atoms with E-state index in [1.165, 1.54) is 12.1 Å². The van der Waals surface area contributed by atoms with Crippen molar-refractivity contribution in [1.29, 1.82) is 0 Å². The fourth-order valence-electron chi connectivity index (χ4n) is 3.46. The van der Waals surface area contributed by atoms with Crippen LogP contribution in [0.3, 0.4) is 0 Å². The average molecular weight is 317 g/mol. The van der Waals surface area contributed by atoms with Gasteiger partial charge in [0.15, 0.2) is 5.54 Å². The molecule has 2 unspecified atom stereocenters. The van der Waals surface area contributed by atoms with Gasteiger partial charge >= 0.3 is 5.97 Å². The molecular weight excluding hydrogens is 297 g/mol. The Bertz CT molecular complexity index is 722. The van der Waals surface area contributed by atoms with Gasteiger partial charge in [-0.05, 0) is 55.3 Å². The number of carbonyl (C=O) groups is 1. The van der Waals surface area contributed by atoms with Crippen molar-refractivity contribution in [3.8, 4) is 11.3 Å². The van der Waals surface area contributed by atoms with E-state index in [1.54, 1.807) is 12.1 Å². The number of aliphatic hydroxyl groups is 1. The minimum atomic E-state index is -1.14. The van der Waals surface area contributed by atoms with E-state index in [2.05, 4.69) is 0 Å². The molecule has 5 heteroatoms. The van der Waals surface area contributed by atoms with Crippen LogP contribution < -0.4 is 0 Å². The lowest BCUT2D eigenvalue weighted by atomic mass is 9.84. The molecule has 2 atom stereocenters. The van der Waals surface area contributed by atoms with Crippen LogP contribution in [0.15, 0.2) is 36.4 Å². The summed E-state index contributed by atoms with van der Waals surface area (Å²) in [5.74, 6) is -0.729. The number of ether oxygens (including phenoxy) is 1. The molecule has 3 rings (SSSR count). The molecule has 23 heavy (non-hydrogen) atoms. The Morgan fingerprint density at radius 2 is 2.00 bits per heavy atom. The normalized spacial score (nSPS) is 24.5. The summed E-state index contributed by atoms with van der Waals surface area (Å²) < 4.78 is 20.3. The van der Waals surface area contributed by atoms with Crippen molar-refractivity contribution in [2.45, 2.75) is 38.3 Å². The summed E-state index contributed by atoms with van der Waals surface area (Å²) in [5.41, 5.74) is 1.26. The first-order valence-corrected chi connectivity index (χ1v) is 7.80. The molecule has 1 aromatic heterocycles. The third-order valence-electron chi connectivity index (χ3n) is 4.68. The first-order chi connectivity index (χ1) is 11.0. The highest BCUT2D eigenvalue weighted by Crippen LogP contribution is 2.38. The second-order valence-corrected chi connectivity index (χ2v) is 5.92. The SMILES string of the molecule is CCC1(n2c(C)ccc2-c2ccc(F)cc2)C(=O)OCCC1O. The highest BCUT2D eigenvalue weighted by atomic mass is 19.1. The van der Waals surface area contributed by atoms with E-state index in [4.69, 9.17) is 4.74 Å². The summed E-state index contributed by atoms with van der Waals surface area (Å²) in [4.78, 5) is 12.6. The van der Waals surface area contributed by atoms with Crippen molar-refractivity contribution < 1.29 is 19.0 Å². The third kappa shape index (κ3) is 2.36. The minimum absolute atomic E-state index is 0.230. The van der Waals surface area contributed by atoms with E-state index in [1.807, 2.05) is 30.5 Å². The molecule has 0 radical (unpaired) electrons. The molecule has 1 aliphatic heterocycles. The topological polar surface area (TPSA) is 51.5 Å². The molecule has 1 saturated heterocycles. The molecule has 0 saturated carbocycles. The summed E-state index contributed by atoms with van der Waals surface area (Å²) >= 11 is 0. The van der Waals surface area contributed by atoms with Gasteiger partial charge in [0.1, 0.15) is 5.82 Å². The molecule has 0 spiro atoms. The smallest absolute Gasteiger partial charge is 0.335 e. The van der Waals surface area contributed by atoms with Crippen molar-refractivity contribution >= 4 is 5.97 Å². The van der Waals surface area contributed by atoms with Crippen LogP contribution in [0.2, 0.25) is 0 Å². The van der Waals surface area contributed by atoms with Crippen LogP contribution in [0.5, 0.6) is 0 Å². The predicted octanol–water partition coefficient (Wildman–Crippen LogP) is 3.02. The van der Waals surface area contributed by atoms with Crippen LogP contribution in [0.1, 0.15) is 25.5 Å². The molecule has 0 aliphatic carbocycles. The van der Waals surface area contributed by atoms with Crippen LogP contribution in [-0.2, 0) is 15.1 Å². The standard InChI is InChI=1S/C18H20FNO3/c1-3-18(16(21)10-11-23-17(18)22)20-12(2)4-9-15(20)13-5-7-14(19)8-6-13/h4-9,16,21H,3,10-11H2,1-2H3. The second-order valence-electron chi connectivity index (χ2n) is 5.92. The molecule has 2 heterocycles. The molecule has 4 nitrogen and oxygen atoms in total. The number of nitrogens with zero attached hydrogens (tertiary/aromatic N) is 1. The van der Waals surface area contributed by atoms with Gasteiger partial charge in [-0.25, -0.2) is 9.18 Å². The van der Waals surface area contributed by atoms with Crippen molar-refractivity contribution in [2.24, 2.45) is 0 Å². The quantitative estimate of drug-likeness (QED) is 0.885. The summed E-state index contributed by atoms with van der Waals surface area (Å²) in [6.45, 7) is 3.98. The molecule has 0 amide bonds. The van der Waals surface area contributed by atoms with E-state index >= 15 is 0 Å². The number of rotatable bonds is 3. The Hall–Kier alpha value is -2.14. The number of cyclic esters (lactones) is 1. The molecule has 1 aromatic carbocycles. The summed E-state index contributed by atoms with van der Waals surface area (Å²) in [6, 6.07) is 9.89. The maximum absolute atomic E-state index is 13.2. The van der Waals surface area contributed by atoms with E-state index in [9.17, 15) is 14.3 Å². The predicted molar refractivity (Wildman–Crippen MR) is 84.4 cm³/mol. The molecule has 122 valence electrons. The van der Waals surface area contributed by atoms with Crippen molar-refractivity contribution in [2.75, 3.05) is 6.61 Å². The van der Waals surface area contributed by atoms with Crippen LogP contribution in [0, 0.1) is 12.7 Å². The number of hydrogen-bond donors (Lipinski definition) is 1. The second kappa shape index (κ2) is 5.81. The van der Waals surface area contributed by atoms with Crippen LogP contribution >= 0.6 is 0 Å². The fraction of sp³-hybridized carbons (Fsp3) is 0.389. The Balaban J connectivity index is 2.20. The number of esters is 1. The monoisotopic (exact) mass is 317 g/mol. The molecule has 1 fully saturated rings. The number of aromatic nitrogens is 1. The van der Waals surface area contributed by atoms with E-state index < -0.39 is 17.6 Å². The first kappa shape index (κ1) is 15.7. The van der Waals surface area contributed by atoms with E-state index in [0.29, 0.717) is 12.8 Å². The Labute approximate surface area is 134 Å².